The fourth-order valence-corrected chi connectivity index (χ4v) is 6.35. The number of halogens is 1. The molecular formula is C22H33BrN2O6. The second-order valence-electron chi connectivity index (χ2n) is 8.75. The molecule has 0 aliphatic carbocycles. The van der Waals surface area contributed by atoms with Crippen molar-refractivity contribution in [2.75, 3.05) is 26.3 Å². The molecule has 3 heterocycles. The number of carbonyl (C=O) groups excluding carboxylic acids is 3. The quantitative estimate of drug-likeness (QED) is 0.211. The number of nitrogens with zero attached hydrogens (tertiary/aromatic N) is 2. The first-order valence-electron chi connectivity index (χ1n) is 11.1. The van der Waals surface area contributed by atoms with E-state index in [2.05, 4.69) is 22.5 Å². The van der Waals surface area contributed by atoms with Crippen LogP contribution in [0, 0.1) is 11.8 Å². The van der Waals surface area contributed by atoms with Crippen molar-refractivity contribution in [3.8, 4) is 0 Å². The highest BCUT2D eigenvalue weighted by atomic mass is 79.9. The molecule has 1 spiro atoms. The highest BCUT2D eigenvalue weighted by Crippen LogP contribution is 2.60. The van der Waals surface area contributed by atoms with Gasteiger partial charge in [0.15, 0.2) is 0 Å². The first kappa shape index (κ1) is 24.2. The van der Waals surface area contributed by atoms with Crippen LogP contribution in [0.25, 0.3) is 0 Å². The van der Waals surface area contributed by atoms with E-state index in [1.807, 2.05) is 13.8 Å². The van der Waals surface area contributed by atoms with Crippen molar-refractivity contribution in [2.24, 2.45) is 11.8 Å². The summed E-state index contributed by atoms with van der Waals surface area (Å²) in [7, 11) is 0. The third-order valence-electron chi connectivity index (χ3n) is 6.62. The topological polar surface area (TPSA) is 96.4 Å². The Labute approximate surface area is 192 Å². The summed E-state index contributed by atoms with van der Waals surface area (Å²) < 4.78 is 11.7. The maximum absolute atomic E-state index is 13.8. The second kappa shape index (κ2) is 9.58. The number of aliphatic hydroxyl groups is 1. The first-order valence-corrected chi connectivity index (χ1v) is 12.0. The molecule has 1 N–H and O–H groups in total. The number of amides is 2. The van der Waals surface area contributed by atoms with E-state index in [-0.39, 0.29) is 35.9 Å². The van der Waals surface area contributed by atoms with E-state index in [0.29, 0.717) is 32.4 Å². The highest BCUT2D eigenvalue weighted by Gasteiger charge is 2.77. The van der Waals surface area contributed by atoms with Crippen LogP contribution in [0.2, 0.25) is 0 Å². The standard InChI is InChI=1S/C22H33BrN2O6/c1-5-9-24(13(3)4)20(28)18-22-12-14(23)17(31-22)15(21(29)30-6-2)16(22)19(27)25(18)10-7-8-11-26/h5,13-18,26H,1,6-12H2,2-4H3/t14?,15-,16+,17-,18-,22+/m0/s1. The number of rotatable bonds is 10. The lowest BCUT2D eigenvalue weighted by molar-refractivity contribution is -0.155. The Balaban J connectivity index is 2.04. The molecule has 2 bridgehead atoms. The molecule has 3 aliphatic rings. The van der Waals surface area contributed by atoms with Crippen LogP contribution in [-0.4, -0.2) is 87.6 Å². The Hall–Kier alpha value is -1.45. The van der Waals surface area contributed by atoms with Crippen molar-refractivity contribution in [3.63, 3.8) is 0 Å². The molecule has 3 aliphatic heterocycles. The number of aliphatic hydroxyl groups excluding tert-OH is 1. The molecule has 3 saturated heterocycles. The minimum Gasteiger partial charge on any atom is -0.466 e. The molecule has 3 fully saturated rings. The van der Waals surface area contributed by atoms with Crippen LogP contribution in [0.1, 0.15) is 40.0 Å². The maximum Gasteiger partial charge on any atom is 0.312 e. The van der Waals surface area contributed by atoms with Crippen molar-refractivity contribution in [1.82, 2.24) is 9.80 Å². The van der Waals surface area contributed by atoms with Crippen molar-refractivity contribution >= 4 is 33.7 Å². The number of ether oxygens (including phenoxy) is 2. The predicted octanol–water partition coefficient (Wildman–Crippen LogP) is 1.49. The lowest BCUT2D eigenvalue weighted by Gasteiger charge is -2.38. The van der Waals surface area contributed by atoms with Crippen molar-refractivity contribution in [2.45, 2.75) is 68.6 Å². The fourth-order valence-electron chi connectivity index (χ4n) is 5.40. The Kier molecular flexibility index (Phi) is 7.48. The number of esters is 1. The molecule has 0 saturated carbocycles. The van der Waals surface area contributed by atoms with Crippen LogP contribution >= 0.6 is 15.9 Å². The Morgan fingerprint density at radius 2 is 2.16 bits per heavy atom. The monoisotopic (exact) mass is 500 g/mol. The molecule has 0 aromatic heterocycles. The zero-order valence-corrected chi connectivity index (χ0v) is 20.0. The average molecular weight is 501 g/mol. The minimum atomic E-state index is -1.07. The van der Waals surface area contributed by atoms with E-state index < -0.39 is 35.6 Å². The molecule has 0 aromatic carbocycles. The van der Waals surface area contributed by atoms with Gasteiger partial charge in [-0.3, -0.25) is 14.4 Å². The maximum atomic E-state index is 13.8. The van der Waals surface area contributed by atoms with Gasteiger partial charge in [-0.2, -0.15) is 0 Å². The van der Waals surface area contributed by atoms with Crippen molar-refractivity contribution < 1.29 is 29.0 Å². The van der Waals surface area contributed by atoms with Gasteiger partial charge in [0, 0.05) is 30.6 Å². The third kappa shape index (κ3) is 3.93. The van der Waals surface area contributed by atoms with Crippen LogP contribution in [-0.2, 0) is 23.9 Å². The van der Waals surface area contributed by atoms with E-state index in [0.717, 1.165) is 0 Å². The summed E-state index contributed by atoms with van der Waals surface area (Å²) in [6, 6.07) is -0.912. The van der Waals surface area contributed by atoms with E-state index in [9.17, 15) is 19.5 Å². The average Bonchev–Trinajstić information content (AvgIpc) is 3.30. The molecule has 0 radical (unpaired) electrons. The predicted molar refractivity (Wildman–Crippen MR) is 117 cm³/mol. The number of likely N-dealkylation sites (tertiary alicyclic amines) is 1. The summed E-state index contributed by atoms with van der Waals surface area (Å²) in [6.07, 6.45) is 2.71. The van der Waals surface area contributed by atoms with Crippen LogP contribution < -0.4 is 0 Å². The van der Waals surface area contributed by atoms with E-state index in [1.54, 1.807) is 22.8 Å². The van der Waals surface area contributed by atoms with Crippen LogP contribution in [0.3, 0.4) is 0 Å². The van der Waals surface area contributed by atoms with Crippen LogP contribution in [0.15, 0.2) is 12.7 Å². The van der Waals surface area contributed by atoms with E-state index >= 15 is 0 Å². The lowest BCUT2D eigenvalue weighted by Crippen LogP contribution is -2.58. The Morgan fingerprint density at radius 3 is 2.74 bits per heavy atom. The molecule has 0 aromatic rings. The zero-order valence-electron chi connectivity index (χ0n) is 18.5. The number of unbranched alkanes of at least 4 members (excludes halogenated alkanes) is 1. The second-order valence-corrected chi connectivity index (χ2v) is 9.93. The van der Waals surface area contributed by atoms with Gasteiger partial charge in [0.2, 0.25) is 11.8 Å². The zero-order chi connectivity index (χ0) is 22.9. The van der Waals surface area contributed by atoms with Crippen LogP contribution in [0.4, 0.5) is 0 Å². The molecule has 2 amide bonds. The SMILES string of the molecule is C=CCN(C(=O)[C@@H]1N(CCCCO)C(=O)[C@H]2[C@H](C(=O)OCC)[C@H]3O[C@@]12CC3Br)C(C)C. The van der Waals surface area contributed by atoms with Gasteiger partial charge in [-0.25, -0.2) is 0 Å². The molecule has 9 heteroatoms. The molecule has 31 heavy (non-hydrogen) atoms. The number of alkyl halides is 1. The van der Waals surface area contributed by atoms with Crippen molar-refractivity contribution in [1.29, 1.82) is 0 Å². The molecule has 3 rings (SSSR count). The molecule has 6 atom stereocenters. The van der Waals surface area contributed by atoms with Gasteiger partial charge in [-0.1, -0.05) is 22.0 Å². The summed E-state index contributed by atoms with van der Waals surface area (Å²) in [5.41, 5.74) is -1.07. The van der Waals surface area contributed by atoms with Gasteiger partial charge in [0.05, 0.1) is 24.5 Å². The third-order valence-corrected chi connectivity index (χ3v) is 7.47. The van der Waals surface area contributed by atoms with Gasteiger partial charge in [0.1, 0.15) is 11.6 Å². The summed E-state index contributed by atoms with van der Waals surface area (Å²) >= 11 is 3.63. The number of fused-ring (bicyclic) bond motifs is 1. The number of hydrogen-bond donors (Lipinski definition) is 1. The number of hydrogen-bond acceptors (Lipinski definition) is 6. The normalized spacial score (nSPS) is 33.7. The van der Waals surface area contributed by atoms with Gasteiger partial charge < -0.3 is 24.4 Å². The first-order chi connectivity index (χ1) is 14.7. The smallest absolute Gasteiger partial charge is 0.312 e. The van der Waals surface area contributed by atoms with Crippen molar-refractivity contribution in [3.05, 3.63) is 12.7 Å². The van der Waals surface area contributed by atoms with Gasteiger partial charge in [0.25, 0.3) is 0 Å². The minimum absolute atomic E-state index is 0.0112. The summed E-state index contributed by atoms with van der Waals surface area (Å²) in [4.78, 5) is 43.4. The highest BCUT2D eigenvalue weighted by molar-refractivity contribution is 9.09. The summed E-state index contributed by atoms with van der Waals surface area (Å²) in [6.45, 7) is 10.2. The van der Waals surface area contributed by atoms with Gasteiger partial charge in [-0.15, -0.1) is 6.58 Å². The van der Waals surface area contributed by atoms with E-state index in [4.69, 9.17) is 9.47 Å². The summed E-state index contributed by atoms with van der Waals surface area (Å²) in [5.74, 6) is -2.37. The largest absolute Gasteiger partial charge is 0.466 e. The Bertz CT molecular complexity index is 731. The van der Waals surface area contributed by atoms with E-state index in [1.165, 1.54) is 0 Å². The number of carbonyl (C=O) groups is 3. The molecule has 174 valence electrons. The van der Waals surface area contributed by atoms with Crippen LogP contribution in [0.5, 0.6) is 0 Å². The summed E-state index contributed by atoms with van der Waals surface area (Å²) in [5, 5.41) is 9.20. The fraction of sp³-hybridized carbons (Fsp3) is 0.773. The van der Waals surface area contributed by atoms with Gasteiger partial charge >= 0.3 is 5.97 Å². The molecule has 1 unspecified atom stereocenters. The van der Waals surface area contributed by atoms with Gasteiger partial charge in [-0.05, 0) is 40.0 Å². The lowest BCUT2D eigenvalue weighted by atomic mass is 9.70. The molecular weight excluding hydrogens is 468 g/mol. The Morgan fingerprint density at radius 1 is 1.45 bits per heavy atom. The molecule has 8 nitrogen and oxygen atoms in total.